The summed E-state index contributed by atoms with van der Waals surface area (Å²) in [5, 5.41) is 9.28. The number of carboxylic acid groups (broad SMARTS) is 1. The van der Waals surface area contributed by atoms with Gasteiger partial charge >= 0.3 is 12.2 Å². The molecule has 1 rings (SSSR count). The van der Waals surface area contributed by atoms with Crippen LogP contribution in [0.4, 0.5) is 29.7 Å². The van der Waals surface area contributed by atoms with Gasteiger partial charge in [0.2, 0.25) is 0 Å². The Labute approximate surface area is 139 Å². The van der Waals surface area contributed by atoms with Crippen molar-refractivity contribution in [3.8, 4) is 0 Å². The number of benzene rings is 1. The van der Waals surface area contributed by atoms with Gasteiger partial charge in [0.1, 0.15) is 11.4 Å². The van der Waals surface area contributed by atoms with E-state index < -0.39 is 46.2 Å². The van der Waals surface area contributed by atoms with Crippen LogP contribution in [0.15, 0.2) is 6.07 Å². The highest BCUT2D eigenvalue weighted by Crippen LogP contribution is 2.37. The second kappa shape index (κ2) is 6.26. The summed E-state index contributed by atoms with van der Waals surface area (Å²) in [5.41, 5.74) is 2.25. The second-order valence-electron chi connectivity index (χ2n) is 7.33. The van der Waals surface area contributed by atoms with Crippen LogP contribution in [0.3, 0.4) is 0 Å². The molecule has 0 atom stereocenters. The van der Waals surface area contributed by atoms with E-state index in [2.05, 4.69) is 0 Å². The van der Waals surface area contributed by atoms with Crippen molar-refractivity contribution >= 4 is 23.6 Å². The number of halogens is 2. The van der Waals surface area contributed by atoms with Gasteiger partial charge in [-0.05, 0) is 26.2 Å². The molecule has 0 aliphatic heterocycles. The number of amides is 2. The Bertz CT molecular complexity index is 676. The molecule has 0 bridgehead atoms. The summed E-state index contributed by atoms with van der Waals surface area (Å²) in [4.78, 5) is 23.6. The van der Waals surface area contributed by atoms with Crippen LogP contribution in [-0.4, -0.2) is 22.9 Å². The van der Waals surface area contributed by atoms with E-state index in [9.17, 15) is 23.5 Å². The number of hydrogen-bond donors (Lipinski definition) is 2. The lowest BCUT2D eigenvalue weighted by Crippen LogP contribution is -2.41. The van der Waals surface area contributed by atoms with Crippen molar-refractivity contribution in [2.45, 2.75) is 52.6 Å². The van der Waals surface area contributed by atoms with Crippen LogP contribution < -0.4 is 10.6 Å². The fraction of sp³-hybridized carbons (Fsp3) is 0.500. The monoisotopic (exact) mass is 344 g/mol. The Hall–Kier alpha value is -2.38. The zero-order valence-electron chi connectivity index (χ0n) is 14.5. The number of nitrogens with zero attached hydrogens (tertiary/aromatic N) is 1. The van der Waals surface area contributed by atoms with Crippen molar-refractivity contribution in [1.82, 2.24) is 0 Å². The third-order valence-electron chi connectivity index (χ3n) is 2.99. The molecule has 0 fully saturated rings. The van der Waals surface area contributed by atoms with Crippen LogP contribution in [0, 0.1) is 11.6 Å². The van der Waals surface area contributed by atoms with Gasteiger partial charge in [-0.15, -0.1) is 0 Å². The van der Waals surface area contributed by atoms with Gasteiger partial charge in [-0.3, -0.25) is 0 Å². The lowest BCUT2D eigenvalue weighted by molar-refractivity contribution is 0.0580. The van der Waals surface area contributed by atoms with Gasteiger partial charge in [-0.25, -0.2) is 18.4 Å². The molecule has 0 saturated carbocycles. The standard InChI is InChI=1S/C16H22F2N2O4/c1-15(2,3)10-11(18)9(7-8(17)12(10)19)20(13(21)22)14(23)24-16(4,5)6/h7H,19H2,1-6H3,(H,21,22). The van der Waals surface area contributed by atoms with E-state index in [-0.39, 0.29) is 10.5 Å². The van der Waals surface area contributed by atoms with Gasteiger partial charge in [0.15, 0.2) is 5.82 Å². The molecule has 0 unspecified atom stereocenters. The second-order valence-corrected chi connectivity index (χ2v) is 7.33. The molecule has 0 aliphatic carbocycles. The van der Waals surface area contributed by atoms with Crippen LogP contribution in [0.1, 0.15) is 47.1 Å². The highest BCUT2D eigenvalue weighted by Gasteiger charge is 2.35. The summed E-state index contributed by atoms with van der Waals surface area (Å²) in [7, 11) is 0. The Kier molecular flexibility index (Phi) is 5.13. The van der Waals surface area contributed by atoms with Crippen LogP contribution in [0.2, 0.25) is 0 Å². The topological polar surface area (TPSA) is 92.9 Å². The molecule has 3 N–H and O–H groups in total. The van der Waals surface area contributed by atoms with Gasteiger partial charge in [0.25, 0.3) is 0 Å². The fourth-order valence-electron chi connectivity index (χ4n) is 2.11. The van der Waals surface area contributed by atoms with E-state index >= 15 is 0 Å². The van der Waals surface area contributed by atoms with Crippen LogP contribution in [0.25, 0.3) is 0 Å². The summed E-state index contributed by atoms with van der Waals surface area (Å²) in [5.74, 6) is -2.11. The zero-order chi connectivity index (χ0) is 19.0. The van der Waals surface area contributed by atoms with Gasteiger partial charge in [0.05, 0.1) is 11.4 Å². The summed E-state index contributed by atoms with van der Waals surface area (Å²) in [6.07, 6.45) is -3.13. The fourth-order valence-corrected chi connectivity index (χ4v) is 2.11. The van der Waals surface area contributed by atoms with Crippen molar-refractivity contribution in [3.63, 3.8) is 0 Å². The Morgan fingerprint density at radius 3 is 2.04 bits per heavy atom. The lowest BCUT2D eigenvalue weighted by Gasteiger charge is -2.28. The molecular formula is C16H22F2N2O4. The first-order valence-corrected chi connectivity index (χ1v) is 7.20. The average molecular weight is 344 g/mol. The largest absolute Gasteiger partial charge is 0.464 e. The first-order valence-electron chi connectivity index (χ1n) is 7.20. The average Bonchev–Trinajstić information content (AvgIpc) is 2.31. The molecule has 6 nitrogen and oxygen atoms in total. The lowest BCUT2D eigenvalue weighted by atomic mass is 9.84. The molecule has 0 heterocycles. The number of ether oxygens (including phenoxy) is 1. The third kappa shape index (κ3) is 4.12. The number of imide groups is 1. The smallest absolute Gasteiger partial charge is 0.424 e. The van der Waals surface area contributed by atoms with Crippen molar-refractivity contribution in [2.75, 3.05) is 10.6 Å². The number of nitrogen functional groups attached to an aromatic ring is 1. The number of nitrogens with two attached hydrogens (primary N) is 1. The molecule has 0 aromatic heterocycles. The minimum atomic E-state index is -1.80. The first kappa shape index (κ1) is 19.7. The molecule has 24 heavy (non-hydrogen) atoms. The predicted molar refractivity (Wildman–Crippen MR) is 86.2 cm³/mol. The highest BCUT2D eigenvalue weighted by molar-refractivity contribution is 6.09. The van der Waals surface area contributed by atoms with Gasteiger partial charge in [-0.2, -0.15) is 4.90 Å². The number of carbonyl (C=O) groups is 2. The minimum Gasteiger partial charge on any atom is -0.464 e. The maximum absolute atomic E-state index is 14.9. The molecule has 2 amide bonds. The molecule has 134 valence electrons. The predicted octanol–water partition coefficient (Wildman–Crippen LogP) is 4.26. The van der Waals surface area contributed by atoms with E-state index in [4.69, 9.17) is 10.5 Å². The van der Waals surface area contributed by atoms with Crippen molar-refractivity contribution in [3.05, 3.63) is 23.3 Å². The zero-order valence-corrected chi connectivity index (χ0v) is 14.5. The summed E-state index contributed by atoms with van der Waals surface area (Å²) < 4.78 is 33.9. The van der Waals surface area contributed by atoms with E-state index in [0.717, 1.165) is 0 Å². The molecule has 0 radical (unpaired) electrons. The van der Waals surface area contributed by atoms with E-state index in [1.165, 1.54) is 20.8 Å². The van der Waals surface area contributed by atoms with Crippen LogP contribution in [0.5, 0.6) is 0 Å². The van der Waals surface area contributed by atoms with Crippen molar-refractivity contribution < 1.29 is 28.2 Å². The van der Waals surface area contributed by atoms with Crippen LogP contribution >= 0.6 is 0 Å². The van der Waals surface area contributed by atoms with E-state index in [0.29, 0.717) is 6.07 Å². The maximum Gasteiger partial charge on any atom is 0.424 e. The number of anilines is 2. The van der Waals surface area contributed by atoms with Crippen LogP contribution in [-0.2, 0) is 10.2 Å². The van der Waals surface area contributed by atoms with E-state index in [1.807, 2.05) is 0 Å². The molecule has 1 aromatic rings. The Balaban J connectivity index is 3.60. The number of hydrogen-bond acceptors (Lipinski definition) is 4. The summed E-state index contributed by atoms with van der Waals surface area (Å²) in [6.45, 7) is 9.32. The van der Waals surface area contributed by atoms with E-state index in [1.54, 1.807) is 20.8 Å². The third-order valence-corrected chi connectivity index (χ3v) is 2.99. The normalized spacial score (nSPS) is 12.0. The van der Waals surface area contributed by atoms with Gasteiger partial charge in [0, 0.05) is 11.6 Å². The summed E-state index contributed by atoms with van der Waals surface area (Å²) in [6, 6.07) is 0.567. The Morgan fingerprint density at radius 2 is 1.67 bits per heavy atom. The SMILES string of the molecule is CC(C)(C)OC(=O)N(C(=O)O)c1cc(F)c(N)c(C(C)(C)C)c1F. The van der Waals surface area contributed by atoms with Gasteiger partial charge < -0.3 is 15.6 Å². The molecule has 0 aliphatic rings. The van der Waals surface area contributed by atoms with Crippen molar-refractivity contribution in [2.24, 2.45) is 0 Å². The maximum atomic E-state index is 14.9. The molecule has 8 heteroatoms. The molecule has 0 saturated heterocycles. The number of carbonyl (C=O) groups excluding carboxylic acids is 1. The molecule has 0 spiro atoms. The molecular weight excluding hydrogens is 322 g/mol. The summed E-state index contributed by atoms with van der Waals surface area (Å²) >= 11 is 0. The Morgan fingerprint density at radius 1 is 1.17 bits per heavy atom. The first-order chi connectivity index (χ1) is 10.7. The van der Waals surface area contributed by atoms with Crippen molar-refractivity contribution in [1.29, 1.82) is 0 Å². The van der Waals surface area contributed by atoms with Gasteiger partial charge in [-0.1, -0.05) is 20.8 Å². The highest BCUT2D eigenvalue weighted by atomic mass is 19.1. The quantitative estimate of drug-likeness (QED) is 0.742. The molecule has 1 aromatic carbocycles. The number of rotatable bonds is 1. The minimum absolute atomic E-state index is 0.0261.